The predicted molar refractivity (Wildman–Crippen MR) is 102 cm³/mol. The zero-order chi connectivity index (χ0) is 17.0. The van der Waals surface area contributed by atoms with Crippen LogP contribution in [0.4, 0.5) is 0 Å². The summed E-state index contributed by atoms with van der Waals surface area (Å²) in [6.07, 6.45) is 5.03. The molecule has 0 radical (unpaired) electrons. The molecule has 1 saturated heterocycles. The van der Waals surface area contributed by atoms with Crippen molar-refractivity contribution in [2.75, 3.05) is 13.1 Å². The summed E-state index contributed by atoms with van der Waals surface area (Å²) in [6.45, 7) is 16.2. The lowest BCUT2D eigenvalue weighted by molar-refractivity contribution is 0.348. The fourth-order valence-electron chi connectivity index (χ4n) is 2.38. The number of benzene rings is 1. The van der Waals surface area contributed by atoms with Gasteiger partial charge in [0, 0.05) is 11.6 Å². The largest absolute Gasteiger partial charge is 0.316 e. The monoisotopic (exact) mass is 321 g/mol. The van der Waals surface area contributed by atoms with Gasteiger partial charge in [-0.3, -0.25) is 0 Å². The molecule has 1 N–H and O–H groups in total. The molecule has 2 heteroatoms. The van der Waals surface area contributed by atoms with E-state index in [2.05, 4.69) is 31.0 Å². The van der Waals surface area contributed by atoms with Gasteiger partial charge in [-0.1, -0.05) is 68.8 Å². The van der Waals surface area contributed by atoms with E-state index >= 15 is 0 Å². The van der Waals surface area contributed by atoms with Crippen molar-refractivity contribution >= 4 is 11.6 Å². The van der Waals surface area contributed by atoms with E-state index in [4.69, 9.17) is 11.6 Å². The van der Waals surface area contributed by atoms with Gasteiger partial charge in [-0.15, -0.1) is 0 Å². The number of rotatable bonds is 2. The smallest absolute Gasteiger partial charge is 0.0406 e. The first-order valence-electron chi connectivity index (χ1n) is 8.26. The molecule has 1 heterocycles. The van der Waals surface area contributed by atoms with Gasteiger partial charge in [0.2, 0.25) is 0 Å². The molecule has 1 aliphatic heterocycles. The molecule has 2 rings (SSSR count). The van der Waals surface area contributed by atoms with Crippen LogP contribution in [0.2, 0.25) is 5.02 Å². The van der Waals surface area contributed by atoms with E-state index < -0.39 is 0 Å². The highest BCUT2D eigenvalue weighted by molar-refractivity contribution is 6.30. The first-order chi connectivity index (χ1) is 10.5. The van der Waals surface area contributed by atoms with Crippen LogP contribution in [0.1, 0.15) is 52.5 Å². The predicted octanol–water partition coefficient (Wildman–Crippen LogP) is 6.22. The Hall–Kier alpha value is -1.05. The van der Waals surface area contributed by atoms with Gasteiger partial charge >= 0.3 is 0 Å². The lowest BCUT2D eigenvalue weighted by Gasteiger charge is -2.29. The van der Waals surface area contributed by atoms with E-state index in [0.29, 0.717) is 5.92 Å². The molecule has 0 saturated carbocycles. The number of halogens is 1. The Balaban J connectivity index is 0.000000470. The van der Waals surface area contributed by atoms with Gasteiger partial charge in [-0.2, -0.15) is 0 Å². The summed E-state index contributed by atoms with van der Waals surface area (Å²) < 4.78 is 0. The van der Waals surface area contributed by atoms with Crippen LogP contribution in [-0.2, 0) is 0 Å². The van der Waals surface area contributed by atoms with E-state index in [-0.39, 0.29) is 0 Å². The standard InChI is InChI=1S/C12H16ClN.C6H10.C2H6/c1-9-6-7-14-8-12(9)10-2-4-11(13)5-3-10;1-4-5-6(2)3;1-2/h2-5,9,12,14H,6-8H2,1H3;4-5H,1H2,2-3H3;1-2H3. The summed E-state index contributed by atoms with van der Waals surface area (Å²) in [5.74, 6) is 1.43. The topological polar surface area (TPSA) is 12.0 Å². The van der Waals surface area contributed by atoms with Gasteiger partial charge in [0.25, 0.3) is 0 Å². The molecule has 1 aliphatic rings. The molecular weight excluding hydrogens is 290 g/mol. The SMILES string of the molecule is C=CC=C(C)C.CC.CC1CCNCC1c1ccc(Cl)cc1. The van der Waals surface area contributed by atoms with E-state index in [1.54, 1.807) is 6.08 Å². The third-order valence-electron chi connectivity index (χ3n) is 3.58. The summed E-state index contributed by atoms with van der Waals surface area (Å²) in [6, 6.07) is 8.27. The molecule has 2 atom stereocenters. The van der Waals surface area contributed by atoms with Crippen molar-refractivity contribution in [2.45, 2.75) is 47.0 Å². The molecule has 0 bridgehead atoms. The minimum Gasteiger partial charge on any atom is -0.316 e. The molecule has 1 nitrogen and oxygen atoms in total. The van der Waals surface area contributed by atoms with Crippen molar-refractivity contribution in [3.05, 3.63) is 59.2 Å². The third-order valence-corrected chi connectivity index (χ3v) is 3.83. The number of nitrogens with one attached hydrogen (secondary N) is 1. The average molecular weight is 322 g/mol. The van der Waals surface area contributed by atoms with Crippen molar-refractivity contribution < 1.29 is 0 Å². The van der Waals surface area contributed by atoms with Crippen LogP contribution in [0.5, 0.6) is 0 Å². The molecule has 1 fully saturated rings. The van der Waals surface area contributed by atoms with E-state index in [1.807, 2.05) is 45.9 Å². The Morgan fingerprint density at radius 3 is 2.23 bits per heavy atom. The zero-order valence-electron chi connectivity index (χ0n) is 14.8. The second-order valence-electron chi connectivity index (χ2n) is 5.61. The average Bonchev–Trinajstić information content (AvgIpc) is 2.51. The third kappa shape index (κ3) is 8.41. The van der Waals surface area contributed by atoms with Crippen molar-refractivity contribution in [1.82, 2.24) is 5.32 Å². The highest BCUT2D eigenvalue weighted by Crippen LogP contribution is 2.29. The summed E-state index contributed by atoms with van der Waals surface area (Å²) >= 11 is 5.87. The van der Waals surface area contributed by atoms with Crippen molar-refractivity contribution in [2.24, 2.45) is 5.92 Å². The Labute approximate surface area is 142 Å². The number of hydrogen-bond donors (Lipinski definition) is 1. The van der Waals surface area contributed by atoms with Gasteiger partial charge in [0.15, 0.2) is 0 Å². The van der Waals surface area contributed by atoms with Gasteiger partial charge in [-0.05, 0) is 56.3 Å². The normalized spacial score (nSPS) is 19.7. The van der Waals surface area contributed by atoms with Gasteiger partial charge < -0.3 is 5.32 Å². The number of hydrogen-bond acceptors (Lipinski definition) is 1. The molecule has 1 aromatic carbocycles. The Morgan fingerprint density at radius 1 is 1.23 bits per heavy atom. The molecule has 0 aromatic heterocycles. The summed E-state index contributed by atoms with van der Waals surface area (Å²) in [7, 11) is 0. The highest BCUT2D eigenvalue weighted by Gasteiger charge is 2.22. The first kappa shape index (κ1) is 20.9. The summed E-state index contributed by atoms with van der Waals surface area (Å²) in [5.41, 5.74) is 2.71. The van der Waals surface area contributed by atoms with Crippen LogP contribution >= 0.6 is 11.6 Å². The van der Waals surface area contributed by atoms with Crippen molar-refractivity contribution in [3.8, 4) is 0 Å². The van der Waals surface area contributed by atoms with E-state index in [9.17, 15) is 0 Å². The van der Waals surface area contributed by atoms with Gasteiger partial charge in [-0.25, -0.2) is 0 Å². The van der Waals surface area contributed by atoms with Gasteiger partial charge in [0.05, 0.1) is 0 Å². The fraction of sp³-hybridized carbons (Fsp3) is 0.500. The quantitative estimate of drug-likeness (QED) is 0.638. The van der Waals surface area contributed by atoms with Crippen LogP contribution < -0.4 is 5.32 Å². The maximum Gasteiger partial charge on any atom is 0.0406 e. The summed E-state index contributed by atoms with van der Waals surface area (Å²) in [5, 5.41) is 4.27. The fourth-order valence-corrected chi connectivity index (χ4v) is 2.51. The lowest BCUT2D eigenvalue weighted by Crippen LogP contribution is -2.33. The molecule has 1 aromatic rings. The first-order valence-corrected chi connectivity index (χ1v) is 8.64. The molecule has 0 spiro atoms. The summed E-state index contributed by atoms with van der Waals surface area (Å²) in [4.78, 5) is 0. The second-order valence-corrected chi connectivity index (χ2v) is 6.04. The van der Waals surface area contributed by atoms with Crippen molar-refractivity contribution in [3.63, 3.8) is 0 Å². The Morgan fingerprint density at radius 2 is 1.82 bits per heavy atom. The van der Waals surface area contributed by atoms with Crippen LogP contribution in [0.25, 0.3) is 0 Å². The number of allylic oxidation sites excluding steroid dienone is 3. The zero-order valence-corrected chi connectivity index (χ0v) is 15.6. The van der Waals surface area contributed by atoms with E-state index in [0.717, 1.165) is 24.0 Å². The second kappa shape index (κ2) is 12.5. The van der Waals surface area contributed by atoms with Crippen LogP contribution in [0.3, 0.4) is 0 Å². The Bertz CT molecular complexity index is 430. The van der Waals surface area contributed by atoms with Crippen molar-refractivity contribution in [1.29, 1.82) is 0 Å². The molecule has 0 amide bonds. The maximum absolute atomic E-state index is 5.87. The maximum atomic E-state index is 5.87. The molecule has 2 unspecified atom stereocenters. The lowest BCUT2D eigenvalue weighted by atomic mass is 9.83. The van der Waals surface area contributed by atoms with Crippen LogP contribution in [0.15, 0.2) is 48.6 Å². The van der Waals surface area contributed by atoms with Crippen LogP contribution in [0, 0.1) is 5.92 Å². The number of piperidine rings is 1. The Kier molecular flexibility index (Phi) is 11.9. The van der Waals surface area contributed by atoms with Gasteiger partial charge in [0.1, 0.15) is 0 Å². The highest BCUT2D eigenvalue weighted by atomic mass is 35.5. The van der Waals surface area contributed by atoms with E-state index in [1.165, 1.54) is 17.6 Å². The minimum atomic E-state index is 0.654. The molecule has 0 aliphatic carbocycles. The minimum absolute atomic E-state index is 0.654. The molecular formula is C20H32ClN. The van der Waals surface area contributed by atoms with Crippen LogP contribution in [-0.4, -0.2) is 13.1 Å². The molecule has 22 heavy (non-hydrogen) atoms. The molecule has 124 valence electrons.